The molecule has 0 bridgehead atoms. The van der Waals surface area contributed by atoms with Crippen molar-refractivity contribution in [2.75, 3.05) is 0 Å². The minimum Gasteiger partial charge on any atom is -0.456 e. The predicted octanol–water partition coefficient (Wildman–Crippen LogP) is 7.48. The zero-order chi connectivity index (χ0) is 25.6. The molecule has 0 unspecified atom stereocenters. The number of hydrogen-bond donors (Lipinski definition) is 1. The van der Waals surface area contributed by atoms with Crippen LogP contribution in [0.2, 0.25) is 0 Å². The van der Waals surface area contributed by atoms with Gasteiger partial charge in [0.15, 0.2) is 5.76 Å². The fourth-order valence-electron chi connectivity index (χ4n) is 4.95. The number of benzene rings is 2. The van der Waals surface area contributed by atoms with Crippen molar-refractivity contribution in [2.24, 2.45) is 0 Å². The van der Waals surface area contributed by atoms with E-state index in [2.05, 4.69) is 52.1 Å². The van der Waals surface area contributed by atoms with Crippen molar-refractivity contribution < 1.29 is 22.4 Å². The predicted molar refractivity (Wildman–Crippen MR) is 131 cm³/mol. The van der Waals surface area contributed by atoms with Crippen molar-refractivity contribution in [3.05, 3.63) is 93.4 Å². The smallest absolute Gasteiger partial charge is 0.416 e. The summed E-state index contributed by atoms with van der Waals surface area (Å²) in [4.78, 5) is 12.6. The van der Waals surface area contributed by atoms with E-state index in [1.54, 1.807) is 12.1 Å². The lowest BCUT2D eigenvalue weighted by atomic mass is 9.62. The van der Waals surface area contributed by atoms with Gasteiger partial charge in [0, 0.05) is 13.0 Å². The molecule has 35 heavy (non-hydrogen) atoms. The molecule has 1 heterocycles. The molecule has 1 N–H and O–H groups in total. The largest absolute Gasteiger partial charge is 0.456 e. The van der Waals surface area contributed by atoms with Crippen LogP contribution in [-0.4, -0.2) is 5.91 Å². The van der Waals surface area contributed by atoms with E-state index in [-0.39, 0.29) is 28.7 Å². The van der Waals surface area contributed by atoms with Gasteiger partial charge in [-0.05, 0) is 76.6 Å². The van der Waals surface area contributed by atoms with Crippen LogP contribution in [0.5, 0.6) is 0 Å². The van der Waals surface area contributed by atoms with Crippen LogP contribution in [0.25, 0.3) is 0 Å². The minimum atomic E-state index is -4.48. The van der Waals surface area contributed by atoms with Crippen molar-refractivity contribution in [1.29, 1.82) is 0 Å². The van der Waals surface area contributed by atoms with E-state index in [4.69, 9.17) is 4.42 Å². The number of carbonyl (C=O) groups excluding carboxylic acids is 1. The standard InChI is InChI=1S/C29H32F3NO2/c1-18-14-23-24(28(4,5)13-12-27(23,2)3)16-20(18)15-21-10-11-25(35-21)26(34)33-17-19-8-6-7-9-22(19)29(30,31)32/h6-11,14,16H,12-13,15,17H2,1-5H3,(H,33,34). The van der Waals surface area contributed by atoms with Gasteiger partial charge < -0.3 is 9.73 Å². The Balaban J connectivity index is 1.50. The van der Waals surface area contributed by atoms with E-state index < -0.39 is 17.6 Å². The van der Waals surface area contributed by atoms with E-state index in [1.807, 2.05) is 0 Å². The van der Waals surface area contributed by atoms with E-state index in [0.717, 1.165) is 24.5 Å². The van der Waals surface area contributed by atoms with Gasteiger partial charge in [-0.2, -0.15) is 13.2 Å². The summed E-state index contributed by atoms with van der Waals surface area (Å²) < 4.78 is 45.4. The summed E-state index contributed by atoms with van der Waals surface area (Å²) in [6.45, 7) is 11.0. The number of amides is 1. The van der Waals surface area contributed by atoms with E-state index in [1.165, 1.54) is 34.9 Å². The number of rotatable bonds is 5. The zero-order valence-corrected chi connectivity index (χ0v) is 20.9. The Morgan fingerprint density at radius 1 is 0.943 bits per heavy atom. The first-order chi connectivity index (χ1) is 16.3. The number of furan rings is 1. The van der Waals surface area contributed by atoms with Gasteiger partial charge in [-0.3, -0.25) is 4.79 Å². The molecule has 0 radical (unpaired) electrons. The normalized spacial score (nSPS) is 16.6. The maximum atomic E-state index is 13.2. The Kier molecular flexibility index (Phi) is 6.37. The SMILES string of the molecule is Cc1cc2c(cc1Cc1ccc(C(=O)NCc3ccccc3C(F)(F)F)o1)C(C)(C)CCC2(C)C. The quantitative estimate of drug-likeness (QED) is 0.409. The third kappa shape index (κ3) is 5.16. The van der Waals surface area contributed by atoms with Gasteiger partial charge in [-0.25, -0.2) is 0 Å². The molecule has 1 aliphatic carbocycles. The Labute approximate surface area is 204 Å². The van der Waals surface area contributed by atoms with Crippen LogP contribution >= 0.6 is 0 Å². The molecule has 186 valence electrons. The highest BCUT2D eigenvalue weighted by atomic mass is 19.4. The molecular weight excluding hydrogens is 451 g/mol. The number of alkyl halides is 3. The molecule has 1 amide bonds. The Morgan fingerprint density at radius 3 is 2.23 bits per heavy atom. The molecule has 0 aliphatic heterocycles. The molecule has 6 heteroatoms. The second-order valence-electron chi connectivity index (χ2n) is 10.9. The van der Waals surface area contributed by atoms with Crippen LogP contribution in [0.15, 0.2) is 52.9 Å². The third-order valence-electron chi connectivity index (χ3n) is 7.32. The summed E-state index contributed by atoms with van der Waals surface area (Å²) in [6.07, 6.45) is -1.66. The molecule has 0 saturated heterocycles. The van der Waals surface area contributed by atoms with Crippen LogP contribution in [0, 0.1) is 6.92 Å². The lowest BCUT2D eigenvalue weighted by Crippen LogP contribution is -2.34. The minimum absolute atomic E-state index is 0.00959. The summed E-state index contributed by atoms with van der Waals surface area (Å²) in [5.41, 5.74) is 4.57. The van der Waals surface area contributed by atoms with Gasteiger partial charge in [0.25, 0.3) is 5.91 Å². The average Bonchev–Trinajstić information content (AvgIpc) is 3.25. The van der Waals surface area contributed by atoms with Crippen molar-refractivity contribution in [3.63, 3.8) is 0 Å². The first-order valence-corrected chi connectivity index (χ1v) is 11.9. The summed E-state index contributed by atoms with van der Waals surface area (Å²) in [7, 11) is 0. The maximum Gasteiger partial charge on any atom is 0.416 e. The van der Waals surface area contributed by atoms with E-state index in [9.17, 15) is 18.0 Å². The van der Waals surface area contributed by atoms with E-state index in [0.29, 0.717) is 12.2 Å². The van der Waals surface area contributed by atoms with Crippen LogP contribution in [0.4, 0.5) is 13.2 Å². The monoisotopic (exact) mass is 483 g/mol. The molecule has 3 aromatic rings. The number of hydrogen-bond acceptors (Lipinski definition) is 2. The molecule has 1 aromatic heterocycles. The average molecular weight is 484 g/mol. The summed E-state index contributed by atoms with van der Waals surface area (Å²) in [6, 6.07) is 13.1. The van der Waals surface area contributed by atoms with Gasteiger partial charge in [-0.15, -0.1) is 0 Å². The number of halogens is 3. The summed E-state index contributed by atoms with van der Waals surface area (Å²) >= 11 is 0. The topological polar surface area (TPSA) is 42.2 Å². The van der Waals surface area contributed by atoms with Crippen molar-refractivity contribution in [1.82, 2.24) is 5.32 Å². The van der Waals surface area contributed by atoms with Crippen LogP contribution in [0.3, 0.4) is 0 Å². The van der Waals surface area contributed by atoms with Gasteiger partial charge in [0.05, 0.1) is 5.56 Å². The van der Waals surface area contributed by atoms with Crippen molar-refractivity contribution >= 4 is 5.91 Å². The first-order valence-electron chi connectivity index (χ1n) is 11.9. The number of nitrogens with one attached hydrogen (secondary N) is 1. The van der Waals surface area contributed by atoms with Gasteiger partial charge in [0.2, 0.25) is 0 Å². The van der Waals surface area contributed by atoms with Gasteiger partial charge in [0.1, 0.15) is 5.76 Å². The highest BCUT2D eigenvalue weighted by Gasteiger charge is 2.37. The Hall–Kier alpha value is -3.02. The zero-order valence-electron chi connectivity index (χ0n) is 20.9. The molecule has 0 fully saturated rings. The molecule has 0 saturated carbocycles. The Morgan fingerprint density at radius 2 is 1.57 bits per heavy atom. The first kappa shape index (κ1) is 25.1. The lowest BCUT2D eigenvalue weighted by molar-refractivity contribution is -0.138. The maximum absolute atomic E-state index is 13.2. The molecule has 3 nitrogen and oxygen atoms in total. The van der Waals surface area contributed by atoms with E-state index >= 15 is 0 Å². The molecule has 1 aliphatic rings. The molecule has 4 rings (SSSR count). The Bertz CT molecular complexity index is 1250. The number of aryl methyl sites for hydroxylation is 1. The fraction of sp³-hybridized carbons (Fsp3) is 0.414. The van der Waals surface area contributed by atoms with Gasteiger partial charge >= 0.3 is 6.18 Å². The summed E-state index contributed by atoms with van der Waals surface area (Å²) in [5, 5.41) is 2.54. The summed E-state index contributed by atoms with van der Waals surface area (Å²) in [5.74, 6) is 0.182. The van der Waals surface area contributed by atoms with Crippen LogP contribution in [0.1, 0.15) is 90.2 Å². The van der Waals surface area contributed by atoms with Crippen LogP contribution in [-0.2, 0) is 30.0 Å². The lowest BCUT2D eigenvalue weighted by Gasteiger charge is -2.42. The molecular formula is C29H32F3NO2. The highest BCUT2D eigenvalue weighted by molar-refractivity contribution is 5.91. The third-order valence-corrected chi connectivity index (χ3v) is 7.32. The van der Waals surface area contributed by atoms with Gasteiger partial charge in [-0.1, -0.05) is 58.0 Å². The number of fused-ring (bicyclic) bond motifs is 1. The number of carbonyl (C=O) groups is 1. The van der Waals surface area contributed by atoms with Crippen molar-refractivity contribution in [2.45, 2.75) is 77.4 Å². The fourth-order valence-corrected chi connectivity index (χ4v) is 4.95. The second kappa shape index (κ2) is 8.89. The molecule has 0 atom stereocenters. The molecule has 2 aromatic carbocycles. The van der Waals surface area contributed by atoms with Crippen LogP contribution < -0.4 is 5.32 Å². The second-order valence-corrected chi connectivity index (χ2v) is 10.9. The van der Waals surface area contributed by atoms with Crippen molar-refractivity contribution in [3.8, 4) is 0 Å². The highest BCUT2D eigenvalue weighted by Crippen LogP contribution is 2.46. The molecule has 0 spiro atoms.